The summed E-state index contributed by atoms with van der Waals surface area (Å²) in [5, 5.41) is 22.9. The molecule has 2 atom stereocenters. The fraction of sp³-hybridized carbons (Fsp3) is 0.259. The maximum absolute atomic E-state index is 13.6. The molecule has 37 heavy (non-hydrogen) atoms. The number of esters is 2. The molecule has 192 valence electrons. The molecule has 10 heteroatoms. The lowest BCUT2D eigenvalue weighted by molar-refractivity contribution is -0.140. The van der Waals surface area contributed by atoms with Gasteiger partial charge in [0.05, 0.1) is 25.6 Å². The lowest BCUT2D eigenvalue weighted by atomic mass is 9.88. The summed E-state index contributed by atoms with van der Waals surface area (Å²) in [6, 6.07) is 12.9. The molecule has 0 aromatic heterocycles. The van der Waals surface area contributed by atoms with Crippen molar-refractivity contribution in [2.75, 3.05) is 30.7 Å². The van der Waals surface area contributed by atoms with Gasteiger partial charge in [0.1, 0.15) is 6.67 Å². The van der Waals surface area contributed by atoms with Gasteiger partial charge < -0.3 is 19.7 Å². The first-order chi connectivity index (χ1) is 17.5. The van der Waals surface area contributed by atoms with Gasteiger partial charge in [0.2, 0.25) is 0 Å². The third-order valence-corrected chi connectivity index (χ3v) is 6.65. The maximum atomic E-state index is 13.6. The Bertz CT molecular complexity index is 1250. The van der Waals surface area contributed by atoms with Crippen LogP contribution in [0.15, 0.2) is 72.8 Å². The average Bonchev–Trinajstić information content (AvgIpc) is 3.23. The Balaban J connectivity index is 1.71. The van der Waals surface area contributed by atoms with Crippen LogP contribution in [0.25, 0.3) is 0 Å². The number of rotatable bonds is 8. The molecule has 0 radical (unpaired) electrons. The summed E-state index contributed by atoms with van der Waals surface area (Å²) in [6.45, 7) is 6.91. The zero-order valence-electron chi connectivity index (χ0n) is 20.4. The van der Waals surface area contributed by atoms with E-state index in [1.165, 1.54) is 24.0 Å². The zero-order valence-corrected chi connectivity index (χ0v) is 20.4. The van der Waals surface area contributed by atoms with Crippen LogP contribution in [0.3, 0.4) is 0 Å². The SMILES string of the molecule is C=C(CC1(O)C(=O)N(CN2C(=O)C(O)(CC(=C)C(=O)OC)c3ccccc32)c2ccccc21)C(=O)OC. The van der Waals surface area contributed by atoms with Crippen molar-refractivity contribution in [3.8, 4) is 0 Å². The number of anilines is 2. The van der Waals surface area contributed by atoms with Gasteiger partial charge in [-0.1, -0.05) is 49.6 Å². The smallest absolute Gasteiger partial charge is 0.333 e. The van der Waals surface area contributed by atoms with Gasteiger partial charge in [-0.25, -0.2) is 9.59 Å². The Kier molecular flexibility index (Phi) is 6.49. The van der Waals surface area contributed by atoms with Gasteiger partial charge in [0.25, 0.3) is 11.8 Å². The first kappa shape index (κ1) is 25.8. The van der Waals surface area contributed by atoms with Crippen molar-refractivity contribution in [3.63, 3.8) is 0 Å². The van der Waals surface area contributed by atoms with E-state index in [1.807, 2.05) is 0 Å². The molecule has 10 nitrogen and oxygen atoms in total. The normalized spacial score (nSPS) is 21.9. The molecular weight excluding hydrogens is 480 g/mol. The third-order valence-electron chi connectivity index (χ3n) is 6.65. The van der Waals surface area contributed by atoms with Crippen molar-refractivity contribution in [1.82, 2.24) is 0 Å². The average molecular weight is 507 g/mol. The minimum absolute atomic E-state index is 0.103. The molecule has 0 saturated heterocycles. The summed E-state index contributed by atoms with van der Waals surface area (Å²) in [6.07, 6.45) is -0.834. The molecule has 2 heterocycles. The number of carbonyl (C=O) groups is 4. The fourth-order valence-electron chi connectivity index (χ4n) is 4.83. The van der Waals surface area contributed by atoms with Crippen molar-refractivity contribution in [2.24, 2.45) is 0 Å². The van der Waals surface area contributed by atoms with Crippen molar-refractivity contribution in [1.29, 1.82) is 0 Å². The fourth-order valence-corrected chi connectivity index (χ4v) is 4.83. The van der Waals surface area contributed by atoms with Crippen molar-refractivity contribution in [2.45, 2.75) is 24.0 Å². The second kappa shape index (κ2) is 9.30. The Morgan fingerprint density at radius 3 is 1.46 bits per heavy atom. The third kappa shape index (κ3) is 4.00. The van der Waals surface area contributed by atoms with Crippen LogP contribution in [-0.2, 0) is 39.9 Å². The number of benzene rings is 2. The highest BCUT2D eigenvalue weighted by Crippen LogP contribution is 2.47. The molecule has 2 aliphatic heterocycles. The number of carbonyl (C=O) groups excluding carboxylic acids is 4. The number of methoxy groups -OCH3 is 2. The van der Waals surface area contributed by atoms with Crippen molar-refractivity contribution >= 4 is 35.1 Å². The topological polar surface area (TPSA) is 134 Å². The molecule has 0 fully saturated rings. The van der Waals surface area contributed by atoms with E-state index >= 15 is 0 Å². The number of hydrogen-bond donors (Lipinski definition) is 2. The summed E-state index contributed by atoms with van der Waals surface area (Å²) < 4.78 is 9.32. The van der Waals surface area contributed by atoms with Gasteiger partial charge in [-0.15, -0.1) is 0 Å². The zero-order chi connectivity index (χ0) is 27.1. The van der Waals surface area contributed by atoms with Crippen LogP contribution in [-0.4, -0.2) is 54.9 Å². The Morgan fingerprint density at radius 2 is 1.11 bits per heavy atom. The van der Waals surface area contributed by atoms with Crippen LogP contribution >= 0.6 is 0 Å². The number of aliphatic hydroxyl groups is 2. The number of ether oxygens (including phenoxy) is 2. The van der Waals surface area contributed by atoms with Crippen LogP contribution in [0.5, 0.6) is 0 Å². The molecular formula is C27H26N2O8. The minimum Gasteiger partial charge on any atom is -0.466 e. The molecule has 0 bridgehead atoms. The van der Waals surface area contributed by atoms with E-state index in [9.17, 15) is 29.4 Å². The second-order valence-electron chi connectivity index (χ2n) is 8.91. The number of amides is 2. The van der Waals surface area contributed by atoms with Gasteiger partial charge in [0, 0.05) is 35.1 Å². The van der Waals surface area contributed by atoms with Gasteiger partial charge in [-0.05, 0) is 12.1 Å². The highest BCUT2D eigenvalue weighted by atomic mass is 16.5. The molecule has 0 spiro atoms. The number of hydrogen-bond acceptors (Lipinski definition) is 8. The molecule has 4 rings (SSSR count). The molecule has 0 saturated carbocycles. The highest BCUT2D eigenvalue weighted by molar-refractivity contribution is 6.12. The quantitative estimate of drug-likeness (QED) is 0.408. The summed E-state index contributed by atoms with van der Waals surface area (Å²) in [4.78, 5) is 53.5. The molecule has 2 aliphatic rings. The monoisotopic (exact) mass is 506 g/mol. The number of para-hydroxylation sites is 2. The van der Waals surface area contributed by atoms with Crippen LogP contribution in [0.2, 0.25) is 0 Å². The molecule has 0 aliphatic carbocycles. The second-order valence-corrected chi connectivity index (χ2v) is 8.91. The van der Waals surface area contributed by atoms with E-state index < -0.39 is 47.8 Å². The predicted octanol–water partition coefficient (Wildman–Crippen LogP) is 1.65. The van der Waals surface area contributed by atoms with E-state index in [0.29, 0.717) is 11.4 Å². The Hall–Kier alpha value is -4.28. The van der Waals surface area contributed by atoms with E-state index in [-0.39, 0.29) is 28.9 Å². The number of nitrogens with zero attached hydrogens (tertiary/aromatic N) is 2. The van der Waals surface area contributed by atoms with Crippen molar-refractivity contribution < 1.29 is 38.9 Å². The van der Waals surface area contributed by atoms with Crippen molar-refractivity contribution in [3.05, 3.63) is 84.0 Å². The van der Waals surface area contributed by atoms with Crippen LogP contribution < -0.4 is 9.80 Å². The lowest BCUT2D eigenvalue weighted by Gasteiger charge is -2.28. The molecule has 2 unspecified atom stereocenters. The van der Waals surface area contributed by atoms with Gasteiger partial charge >= 0.3 is 11.9 Å². The lowest BCUT2D eigenvalue weighted by Crippen LogP contribution is -2.49. The number of fused-ring (bicyclic) bond motifs is 2. The van der Waals surface area contributed by atoms with Gasteiger partial charge in [-0.3, -0.25) is 19.4 Å². The summed E-state index contributed by atoms with van der Waals surface area (Å²) in [5.41, 5.74) is -3.33. The van der Waals surface area contributed by atoms with E-state index in [4.69, 9.17) is 0 Å². The Morgan fingerprint density at radius 1 is 0.757 bits per heavy atom. The van der Waals surface area contributed by atoms with Gasteiger partial charge in [0.15, 0.2) is 11.2 Å². The summed E-state index contributed by atoms with van der Waals surface area (Å²) in [5.74, 6) is -3.09. The summed E-state index contributed by atoms with van der Waals surface area (Å²) in [7, 11) is 2.33. The predicted molar refractivity (Wildman–Crippen MR) is 132 cm³/mol. The highest BCUT2D eigenvalue weighted by Gasteiger charge is 2.54. The molecule has 2 N–H and O–H groups in total. The van der Waals surface area contributed by atoms with Gasteiger partial charge in [-0.2, -0.15) is 0 Å². The van der Waals surface area contributed by atoms with Crippen LogP contribution in [0.1, 0.15) is 24.0 Å². The summed E-state index contributed by atoms with van der Waals surface area (Å²) >= 11 is 0. The van der Waals surface area contributed by atoms with E-state index in [1.54, 1.807) is 48.5 Å². The largest absolute Gasteiger partial charge is 0.466 e. The first-order valence-corrected chi connectivity index (χ1v) is 11.3. The van der Waals surface area contributed by atoms with Crippen LogP contribution in [0.4, 0.5) is 11.4 Å². The maximum Gasteiger partial charge on any atom is 0.333 e. The van der Waals surface area contributed by atoms with E-state index in [0.717, 1.165) is 0 Å². The van der Waals surface area contributed by atoms with E-state index in [2.05, 4.69) is 22.6 Å². The van der Waals surface area contributed by atoms with Crippen LogP contribution in [0, 0.1) is 0 Å². The first-order valence-electron chi connectivity index (χ1n) is 11.3. The molecule has 2 amide bonds. The minimum atomic E-state index is -2.13. The Labute approximate surface area is 213 Å². The molecule has 2 aromatic carbocycles. The molecule has 2 aromatic rings. The standard InChI is InChI=1S/C27H26N2O8/c1-16(22(30)36-3)13-26(34)18-9-5-7-11-20(18)28(24(26)32)15-29-21-12-8-6-10-19(21)27(35,25(29)33)14-17(2)23(31)37-4/h5-12,34-35H,1-2,13-15H2,3-4H3.